The Bertz CT molecular complexity index is 649. The summed E-state index contributed by atoms with van der Waals surface area (Å²) < 4.78 is 5.33. The molecule has 0 spiro atoms. The number of nitrogens with two attached hydrogens (primary N) is 1. The molecule has 0 aromatic heterocycles. The minimum Gasteiger partial charge on any atom is -0.494 e. The SMILES string of the molecule is CCOc1ccc(C(=O)NCc2ccc(C(N)=O)cc2)cc1. The van der Waals surface area contributed by atoms with Gasteiger partial charge in [-0.3, -0.25) is 9.59 Å². The molecule has 0 fully saturated rings. The van der Waals surface area contributed by atoms with Crippen molar-refractivity contribution in [2.75, 3.05) is 6.61 Å². The molecule has 5 heteroatoms. The molecule has 22 heavy (non-hydrogen) atoms. The van der Waals surface area contributed by atoms with Crippen LogP contribution < -0.4 is 15.8 Å². The summed E-state index contributed by atoms with van der Waals surface area (Å²) in [6.07, 6.45) is 0. The number of nitrogens with one attached hydrogen (secondary N) is 1. The highest BCUT2D eigenvalue weighted by molar-refractivity contribution is 5.94. The highest BCUT2D eigenvalue weighted by Crippen LogP contribution is 2.12. The maximum atomic E-state index is 12.0. The van der Waals surface area contributed by atoms with Gasteiger partial charge < -0.3 is 15.8 Å². The molecule has 0 aliphatic heterocycles. The summed E-state index contributed by atoms with van der Waals surface area (Å²) in [6.45, 7) is 2.88. The monoisotopic (exact) mass is 298 g/mol. The number of carbonyl (C=O) groups is 2. The molecule has 2 aromatic rings. The van der Waals surface area contributed by atoms with Crippen molar-refractivity contribution in [1.82, 2.24) is 5.32 Å². The van der Waals surface area contributed by atoms with E-state index in [1.54, 1.807) is 48.5 Å². The Morgan fingerprint density at radius 1 is 1.00 bits per heavy atom. The average Bonchev–Trinajstić information content (AvgIpc) is 2.54. The van der Waals surface area contributed by atoms with Crippen LogP contribution in [0.5, 0.6) is 5.75 Å². The van der Waals surface area contributed by atoms with E-state index in [-0.39, 0.29) is 5.91 Å². The lowest BCUT2D eigenvalue weighted by atomic mass is 10.1. The quantitative estimate of drug-likeness (QED) is 0.857. The first-order chi connectivity index (χ1) is 10.6. The van der Waals surface area contributed by atoms with Gasteiger partial charge in [0.1, 0.15) is 5.75 Å². The Balaban J connectivity index is 1.93. The summed E-state index contributed by atoms with van der Waals surface area (Å²) >= 11 is 0. The summed E-state index contributed by atoms with van der Waals surface area (Å²) in [6, 6.07) is 13.8. The van der Waals surface area contributed by atoms with Gasteiger partial charge in [-0.05, 0) is 48.9 Å². The molecule has 0 saturated carbocycles. The Hall–Kier alpha value is -2.82. The standard InChI is InChI=1S/C17H18N2O3/c1-2-22-15-9-7-14(8-10-15)17(21)19-11-12-3-5-13(6-4-12)16(18)20/h3-10H,2,11H2,1H3,(H2,18,20)(H,19,21). The lowest BCUT2D eigenvalue weighted by Crippen LogP contribution is -2.22. The second-order valence-corrected chi connectivity index (χ2v) is 4.70. The predicted molar refractivity (Wildman–Crippen MR) is 83.7 cm³/mol. The summed E-state index contributed by atoms with van der Waals surface area (Å²) in [5.74, 6) is 0.105. The number of hydrogen-bond acceptors (Lipinski definition) is 3. The number of hydrogen-bond donors (Lipinski definition) is 2. The van der Waals surface area contributed by atoms with Crippen molar-refractivity contribution in [1.29, 1.82) is 0 Å². The van der Waals surface area contributed by atoms with E-state index in [0.717, 1.165) is 11.3 Å². The summed E-state index contributed by atoms with van der Waals surface area (Å²) in [5, 5.41) is 2.82. The fourth-order valence-corrected chi connectivity index (χ4v) is 1.94. The van der Waals surface area contributed by atoms with Crippen molar-refractivity contribution in [3.05, 3.63) is 65.2 Å². The van der Waals surface area contributed by atoms with Crippen LogP contribution in [0.15, 0.2) is 48.5 Å². The minimum atomic E-state index is -0.468. The molecule has 0 aliphatic rings. The van der Waals surface area contributed by atoms with E-state index in [1.165, 1.54) is 0 Å². The Morgan fingerprint density at radius 2 is 1.59 bits per heavy atom. The zero-order chi connectivity index (χ0) is 15.9. The number of primary amides is 1. The summed E-state index contributed by atoms with van der Waals surface area (Å²) in [7, 11) is 0. The van der Waals surface area contributed by atoms with Crippen LogP contribution in [-0.4, -0.2) is 18.4 Å². The molecule has 0 bridgehead atoms. The van der Waals surface area contributed by atoms with Gasteiger partial charge in [-0.2, -0.15) is 0 Å². The lowest BCUT2D eigenvalue weighted by Gasteiger charge is -2.07. The average molecular weight is 298 g/mol. The first-order valence-corrected chi connectivity index (χ1v) is 7.00. The van der Waals surface area contributed by atoms with Crippen molar-refractivity contribution in [3.8, 4) is 5.75 Å². The molecule has 0 unspecified atom stereocenters. The third-order valence-corrected chi connectivity index (χ3v) is 3.12. The molecule has 2 aromatic carbocycles. The van der Waals surface area contributed by atoms with Gasteiger partial charge in [-0.25, -0.2) is 0 Å². The van der Waals surface area contributed by atoms with Gasteiger partial charge in [0.25, 0.3) is 5.91 Å². The topological polar surface area (TPSA) is 81.4 Å². The zero-order valence-corrected chi connectivity index (χ0v) is 12.3. The zero-order valence-electron chi connectivity index (χ0n) is 12.3. The van der Waals surface area contributed by atoms with E-state index in [9.17, 15) is 9.59 Å². The third kappa shape index (κ3) is 4.09. The maximum absolute atomic E-state index is 12.0. The van der Waals surface area contributed by atoms with E-state index in [1.807, 2.05) is 6.92 Å². The van der Waals surface area contributed by atoms with Crippen LogP contribution in [0.4, 0.5) is 0 Å². The molecule has 0 heterocycles. The number of ether oxygens (including phenoxy) is 1. The highest BCUT2D eigenvalue weighted by Gasteiger charge is 2.06. The van der Waals surface area contributed by atoms with Crippen LogP contribution in [0, 0.1) is 0 Å². The van der Waals surface area contributed by atoms with Crippen LogP contribution in [0.1, 0.15) is 33.2 Å². The van der Waals surface area contributed by atoms with Crippen LogP contribution in [-0.2, 0) is 6.54 Å². The lowest BCUT2D eigenvalue weighted by molar-refractivity contribution is 0.0949. The maximum Gasteiger partial charge on any atom is 0.251 e. The summed E-state index contributed by atoms with van der Waals surface area (Å²) in [4.78, 5) is 23.0. The van der Waals surface area contributed by atoms with E-state index in [4.69, 9.17) is 10.5 Å². The van der Waals surface area contributed by atoms with E-state index < -0.39 is 5.91 Å². The molecule has 114 valence electrons. The summed E-state index contributed by atoms with van der Waals surface area (Å²) in [5.41, 5.74) is 7.08. The van der Waals surface area contributed by atoms with Gasteiger partial charge in [-0.15, -0.1) is 0 Å². The van der Waals surface area contributed by atoms with Crippen molar-refractivity contribution in [3.63, 3.8) is 0 Å². The number of rotatable bonds is 6. The van der Waals surface area contributed by atoms with E-state index in [2.05, 4.69) is 5.32 Å². The predicted octanol–water partition coefficient (Wildman–Crippen LogP) is 2.11. The third-order valence-electron chi connectivity index (χ3n) is 3.12. The Morgan fingerprint density at radius 3 is 2.14 bits per heavy atom. The fraction of sp³-hybridized carbons (Fsp3) is 0.176. The molecular weight excluding hydrogens is 280 g/mol. The molecule has 2 amide bonds. The second-order valence-electron chi connectivity index (χ2n) is 4.70. The second kappa shape index (κ2) is 7.26. The van der Waals surface area contributed by atoms with Gasteiger partial charge in [0.2, 0.25) is 5.91 Å². The van der Waals surface area contributed by atoms with Crippen LogP contribution >= 0.6 is 0 Å². The van der Waals surface area contributed by atoms with Crippen molar-refractivity contribution in [2.45, 2.75) is 13.5 Å². The van der Waals surface area contributed by atoms with Crippen molar-refractivity contribution < 1.29 is 14.3 Å². The molecule has 5 nitrogen and oxygen atoms in total. The largest absolute Gasteiger partial charge is 0.494 e. The van der Waals surface area contributed by atoms with Gasteiger partial charge in [0.15, 0.2) is 0 Å². The first kappa shape index (κ1) is 15.6. The van der Waals surface area contributed by atoms with Gasteiger partial charge in [0, 0.05) is 17.7 Å². The van der Waals surface area contributed by atoms with E-state index >= 15 is 0 Å². The van der Waals surface area contributed by atoms with Gasteiger partial charge in [-0.1, -0.05) is 12.1 Å². The van der Waals surface area contributed by atoms with E-state index in [0.29, 0.717) is 24.3 Å². The van der Waals surface area contributed by atoms with Crippen molar-refractivity contribution >= 4 is 11.8 Å². The molecule has 2 rings (SSSR count). The molecule has 0 atom stereocenters. The van der Waals surface area contributed by atoms with Crippen molar-refractivity contribution in [2.24, 2.45) is 5.73 Å². The molecule has 0 aliphatic carbocycles. The molecular formula is C17H18N2O3. The number of carbonyl (C=O) groups excluding carboxylic acids is 2. The molecule has 3 N–H and O–H groups in total. The smallest absolute Gasteiger partial charge is 0.251 e. The van der Waals surface area contributed by atoms with Crippen LogP contribution in [0.3, 0.4) is 0 Å². The Kier molecular flexibility index (Phi) is 5.14. The van der Waals surface area contributed by atoms with Crippen LogP contribution in [0.25, 0.3) is 0 Å². The fourth-order valence-electron chi connectivity index (χ4n) is 1.94. The normalized spacial score (nSPS) is 10.0. The number of amides is 2. The molecule has 0 saturated heterocycles. The molecule has 0 radical (unpaired) electrons. The first-order valence-electron chi connectivity index (χ1n) is 7.00. The van der Waals surface area contributed by atoms with Gasteiger partial charge >= 0.3 is 0 Å². The highest BCUT2D eigenvalue weighted by atomic mass is 16.5. The Labute approximate surface area is 129 Å². The van der Waals surface area contributed by atoms with Gasteiger partial charge in [0.05, 0.1) is 6.61 Å². The minimum absolute atomic E-state index is 0.165. The van der Waals surface area contributed by atoms with Crippen LogP contribution in [0.2, 0.25) is 0 Å². The number of benzene rings is 2.